The third-order valence-electron chi connectivity index (χ3n) is 5.36. The fraction of sp³-hybridized carbons (Fsp3) is 0.273. The second-order valence-electron chi connectivity index (χ2n) is 7.73. The maximum Gasteiger partial charge on any atom is 0.416 e. The number of carbonyl (C=O) groups is 2. The second kappa shape index (κ2) is 8.30. The van der Waals surface area contributed by atoms with Crippen molar-refractivity contribution in [1.29, 1.82) is 0 Å². The summed E-state index contributed by atoms with van der Waals surface area (Å²) < 4.78 is 54.2. The van der Waals surface area contributed by atoms with Gasteiger partial charge in [0.05, 0.1) is 23.4 Å². The highest BCUT2D eigenvalue weighted by atomic mass is 19.4. The predicted octanol–water partition coefficient (Wildman–Crippen LogP) is 4.55. The molecular weight excluding hydrogens is 442 g/mol. The van der Waals surface area contributed by atoms with Crippen LogP contribution in [-0.4, -0.2) is 33.1 Å². The van der Waals surface area contributed by atoms with Gasteiger partial charge in [-0.1, -0.05) is 0 Å². The zero-order chi connectivity index (χ0) is 23.9. The molecule has 2 aromatic heterocycles. The maximum atomic E-state index is 13.4. The van der Waals surface area contributed by atoms with Crippen LogP contribution in [0.5, 0.6) is 0 Å². The number of hydrogen-bond acceptors (Lipinski definition) is 4. The molecule has 0 bridgehead atoms. The zero-order valence-corrected chi connectivity index (χ0v) is 17.7. The number of nitrogens with one attached hydrogen (secondary N) is 1. The average molecular weight is 461 g/mol. The van der Waals surface area contributed by atoms with E-state index in [1.807, 2.05) is 0 Å². The molecule has 2 amide bonds. The first-order valence-corrected chi connectivity index (χ1v) is 9.99. The third-order valence-corrected chi connectivity index (χ3v) is 5.36. The normalized spacial score (nSPS) is 16.0. The number of amides is 2. The molecule has 1 aliphatic heterocycles. The van der Waals surface area contributed by atoms with Gasteiger partial charge >= 0.3 is 6.18 Å². The lowest BCUT2D eigenvalue weighted by atomic mass is 10.0. The van der Waals surface area contributed by atoms with Crippen molar-refractivity contribution in [1.82, 2.24) is 14.8 Å². The molecule has 1 aliphatic rings. The minimum Gasteiger partial charge on any atom is -0.322 e. The number of nitrogens with zero attached hydrogens (tertiary/aromatic N) is 4. The number of hydrogen-bond donors (Lipinski definition) is 1. The van der Waals surface area contributed by atoms with Gasteiger partial charge in [-0.3, -0.25) is 19.3 Å². The Labute approximate surface area is 186 Å². The van der Waals surface area contributed by atoms with E-state index in [9.17, 15) is 27.2 Å². The first kappa shape index (κ1) is 22.4. The molecule has 0 spiro atoms. The summed E-state index contributed by atoms with van der Waals surface area (Å²) in [5.41, 5.74) is -0.365. The van der Waals surface area contributed by atoms with Crippen molar-refractivity contribution in [2.45, 2.75) is 32.7 Å². The maximum absolute atomic E-state index is 13.4. The van der Waals surface area contributed by atoms with Gasteiger partial charge in [-0.05, 0) is 49.7 Å². The summed E-state index contributed by atoms with van der Waals surface area (Å²) >= 11 is 0. The van der Waals surface area contributed by atoms with E-state index >= 15 is 0 Å². The number of pyridine rings is 1. The number of halogens is 4. The SMILES string of the molecule is Cc1cc(NC(=O)c2cnn3c2C(=O)N(c2ccc(C(F)(F)F)c(CF)c2)C[C@@H]3C)ccn1. The number of aryl methyl sites for hydroxylation is 1. The first-order chi connectivity index (χ1) is 15.6. The molecule has 1 aromatic carbocycles. The fourth-order valence-corrected chi connectivity index (χ4v) is 3.81. The van der Waals surface area contributed by atoms with Gasteiger partial charge in [0.15, 0.2) is 0 Å². The molecule has 0 saturated carbocycles. The Bertz CT molecular complexity index is 1240. The van der Waals surface area contributed by atoms with Gasteiger partial charge in [0, 0.05) is 29.8 Å². The van der Waals surface area contributed by atoms with E-state index in [0.717, 1.165) is 18.2 Å². The lowest BCUT2D eigenvalue weighted by Crippen LogP contribution is -2.43. The van der Waals surface area contributed by atoms with Crippen molar-refractivity contribution in [3.8, 4) is 0 Å². The van der Waals surface area contributed by atoms with Gasteiger partial charge in [0.25, 0.3) is 11.8 Å². The van der Waals surface area contributed by atoms with Gasteiger partial charge in [0.1, 0.15) is 12.4 Å². The van der Waals surface area contributed by atoms with Crippen LogP contribution in [0, 0.1) is 6.92 Å². The highest BCUT2D eigenvalue weighted by Crippen LogP contribution is 2.36. The van der Waals surface area contributed by atoms with Crippen LogP contribution in [-0.2, 0) is 12.9 Å². The van der Waals surface area contributed by atoms with E-state index in [1.54, 1.807) is 26.0 Å². The van der Waals surface area contributed by atoms with E-state index < -0.39 is 35.8 Å². The summed E-state index contributed by atoms with van der Waals surface area (Å²) in [6.45, 7) is 2.27. The van der Waals surface area contributed by atoms with Crippen LogP contribution in [0.1, 0.15) is 50.6 Å². The van der Waals surface area contributed by atoms with Crippen LogP contribution in [0.3, 0.4) is 0 Å². The summed E-state index contributed by atoms with van der Waals surface area (Å²) in [5, 5.41) is 6.85. The van der Waals surface area contributed by atoms with Gasteiger partial charge in [-0.25, -0.2) is 4.39 Å². The van der Waals surface area contributed by atoms with Crippen LogP contribution >= 0.6 is 0 Å². The Morgan fingerprint density at radius 1 is 1.24 bits per heavy atom. The number of aromatic nitrogens is 3. The van der Waals surface area contributed by atoms with Crippen molar-refractivity contribution >= 4 is 23.2 Å². The molecule has 0 unspecified atom stereocenters. The van der Waals surface area contributed by atoms with Gasteiger partial charge in [-0.2, -0.15) is 18.3 Å². The van der Waals surface area contributed by atoms with E-state index in [0.29, 0.717) is 11.4 Å². The number of rotatable bonds is 4. The lowest BCUT2D eigenvalue weighted by Gasteiger charge is -2.32. The summed E-state index contributed by atoms with van der Waals surface area (Å²) in [4.78, 5) is 31.5. The number of benzene rings is 1. The van der Waals surface area contributed by atoms with Crippen LogP contribution in [0.15, 0.2) is 42.7 Å². The fourth-order valence-electron chi connectivity index (χ4n) is 3.81. The molecule has 4 rings (SSSR count). The summed E-state index contributed by atoms with van der Waals surface area (Å²) in [5.74, 6) is -1.19. The highest BCUT2D eigenvalue weighted by molar-refractivity contribution is 6.15. The smallest absolute Gasteiger partial charge is 0.322 e. The largest absolute Gasteiger partial charge is 0.416 e. The number of alkyl halides is 4. The Kier molecular flexibility index (Phi) is 5.64. The minimum absolute atomic E-state index is 0.00118. The van der Waals surface area contributed by atoms with Crippen molar-refractivity contribution in [2.24, 2.45) is 0 Å². The molecule has 3 heterocycles. The standard InChI is InChI=1S/C22H19F4N5O2/c1-12-7-15(5-6-27-12)29-20(32)17-10-28-31-13(2)11-30(21(33)19(17)31)16-3-4-18(22(24,25)26)14(8-16)9-23/h3-8,10,13H,9,11H2,1-2H3,(H,27,29,32)/t13-/m0/s1. The molecule has 0 aliphatic carbocycles. The first-order valence-electron chi connectivity index (χ1n) is 9.99. The molecular formula is C22H19F4N5O2. The monoisotopic (exact) mass is 461 g/mol. The average Bonchev–Trinajstić information content (AvgIpc) is 3.21. The van der Waals surface area contributed by atoms with E-state index in [2.05, 4.69) is 15.4 Å². The Balaban J connectivity index is 1.69. The number of anilines is 2. The molecule has 3 aromatic rings. The molecule has 1 N–H and O–H groups in total. The molecule has 0 saturated heterocycles. The lowest BCUT2D eigenvalue weighted by molar-refractivity contribution is -0.138. The molecule has 0 fully saturated rings. The minimum atomic E-state index is -4.71. The molecule has 33 heavy (non-hydrogen) atoms. The molecule has 1 atom stereocenters. The molecule has 7 nitrogen and oxygen atoms in total. The van der Waals surface area contributed by atoms with Crippen molar-refractivity contribution in [3.63, 3.8) is 0 Å². The predicted molar refractivity (Wildman–Crippen MR) is 112 cm³/mol. The molecule has 172 valence electrons. The third kappa shape index (κ3) is 4.18. The summed E-state index contributed by atoms with van der Waals surface area (Å²) in [6, 6.07) is 5.77. The topological polar surface area (TPSA) is 80.1 Å². The Morgan fingerprint density at radius 3 is 2.67 bits per heavy atom. The Morgan fingerprint density at radius 2 is 2.00 bits per heavy atom. The quantitative estimate of drug-likeness (QED) is 0.579. The molecule has 11 heteroatoms. The Hall–Kier alpha value is -3.76. The van der Waals surface area contributed by atoms with Crippen molar-refractivity contribution < 1.29 is 27.2 Å². The molecule has 0 radical (unpaired) electrons. The number of fused-ring (bicyclic) bond motifs is 1. The van der Waals surface area contributed by atoms with Crippen LogP contribution in [0.4, 0.5) is 28.9 Å². The van der Waals surface area contributed by atoms with E-state index in [-0.39, 0.29) is 29.5 Å². The summed E-state index contributed by atoms with van der Waals surface area (Å²) in [6.07, 6.45) is -1.91. The van der Waals surface area contributed by atoms with E-state index in [4.69, 9.17) is 0 Å². The van der Waals surface area contributed by atoms with Gasteiger partial charge in [-0.15, -0.1) is 0 Å². The van der Waals surface area contributed by atoms with Crippen LogP contribution in [0.25, 0.3) is 0 Å². The van der Waals surface area contributed by atoms with Crippen molar-refractivity contribution in [3.05, 3.63) is 70.8 Å². The van der Waals surface area contributed by atoms with Crippen LogP contribution in [0.2, 0.25) is 0 Å². The van der Waals surface area contributed by atoms with Crippen molar-refractivity contribution in [2.75, 3.05) is 16.8 Å². The summed E-state index contributed by atoms with van der Waals surface area (Å²) in [7, 11) is 0. The number of carbonyl (C=O) groups excluding carboxylic acids is 2. The van der Waals surface area contributed by atoms with E-state index in [1.165, 1.54) is 22.0 Å². The van der Waals surface area contributed by atoms with Crippen LogP contribution < -0.4 is 10.2 Å². The highest BCUT2D eigenvalue weighted by Gasteiger charge is 2.37. The second-order valence-corrected chi connectivity index (χ2v) is 7.73. The zero-order valence-electron chi connectivity index (χ0n) is 17.7. The van der Waals surface area contributed by atoms with Gasteiger partial charge < -0.3 is 10.2 Å². The van der Waals surface area contributed by atoms with Gasteiger partial charge in [0.2, 0.25) is 0 Å².